The maximum absolute atomic E-state index is 4.55. The summed E-state index contributed by atoms with van der Waals surface area (Å²) in [5.41, 5.74) is 2.37. The molecular formula is C14H22N4S. The Morgan fingerprint density at radius 3 is 2.84 bits per heavy atom. The van der Waals surface area contributed by atoms with Crippen LogP contribution in [0.1, 0.15) is 29.1 Å². The summed E-state index contributed by atoms with van der Waals surface area (Å²) >= 11 is 1.80. The molecule has 1 atom stereocenters. The van der Waals surface area contributed by atoms with Crippen LogP contribution in [0.15, 0.2) is 17.5 Å². The first-order valence-electron chi connectivity index (χ1n) is 6.49. The first-order valence-corrected chi connectivity index (χ1v) is 7.37. The summed E-state index contributed by atoms with van der Waals surface area (Å²) < 4.78 is 1.98. The third-order valence-electron chi connectivity index (χ3n) is 3.54. The van der Waals surface area contributed by atoms with Crippen LogP contribution in [0.2, 0.25) is 0 Å². The molecule has 2 heterocycles. The Balaban J connectivity index is 2.35. The fourth-order valence-corrected chi connectivity index (χ4v) is 3.24. The van der Waals surface area contributed by atoms with Gasteiger partial charge in [-0.15, -0.1) is 11.3 Å². The van der Waals surface area contributed by atoms with Gasteiger partial charge in [-0.3, -0.25) is 4.68 Å². The number of nitrogens with one attached hydrogen (secondary N) is 1. The van der Waals surface area contributed by atoms with E-state index >= 15 is 0 Å². The highest BCUT2D eigenvalue weighted by Crippen LogP contribution is 2.31. The molecule has 1 unspecified atom stereocenters. The Labute approximate surface area is 119 Å². The molecule has 0 aliphatic carbocycles. The lowest BCUT2D eigenvalue weighted by molar-refractivity contribution is 0.675. The third-order valence-corrected chi connectivity index (χ3v) is 4.58. The van der Waals surface area contributed by atoms with Gasteiger partial charge < -0.3 is 10.2 Å². The van der Waals surface area contributed by atoms with Crippen molar-refractivity contribution in [1.82, 2.24) is 15.1 Å². The molecule has 4 nitrogen and oxygen atoms in total. The molecule has 0 bridgehead atoms. The van der Waals surface area contributed by atoms with Crippen LogP contribution in [0.3, 0.4) is 0 Å². The number of rotatable bonds is 5. The fraction of sp³-hybridized carbons (Fsp3) is 0.500. The second-order valence-corrected chi connectivity index (χ2v) is 5.82. The lowest BCUT2D eigenvalue weighted by Gasteiger charge is -2.27. The van der Waals surface area contributed by atoms with Gasteiger partial charge in [0, 0.05) is 31.1 Å². The zero-order valence-electron chi connectivity index (χ0n) is 12.3. The van der Waals surface area contributed by atoms with Gasteiger partial charge in [-0.25, -0.2) is 0 Å². The van der Waals surface area contributed by atoms with Gasteiger partial charge in [0.2, 0.25) is 0 Å². The summed E-state index contributed by atoms with van der Waals surface area (Å²) in [5.74, 6) is 1.19. The molecule has 104 valence electrons. The van der Waals surface area contributed by atoms with Gasteiger partial charge >= 0.3 is 0 Å². The fourth-order valence-electron chi connectivity index (χ4n) is 2.42. The highest BCUT2D eigenvalue weighted by molar-refractivity contribution is 7.10. The standard InChI is InChI=1S/C14H22N4S/c1-10-12(9-15-3)14(18(5)16-10)17(4)11(2)13-7-6-8-19-13/h6-8,11,15H,9H2,1-5H3. The van der Waals surface area contributed by atoms with E-state index in [9.17, 15) is 0 Å². The van der Waals surface area contributed by atoms with Crippen molar-refractivity contribution in [3.05, 3.63) is 33.6 Å². The van der Waals surface area contributed by atoms with E-state index in [4.69, 9.17) is 0 Å². The second kappa shape index (κ2) is 5.75. The number of aryl methyl sites for hydroxylation is 2. The molecule has 0 aromatic carbocycles. The Bertz CT molecular complexity index is 530. The van der Waals surface area contributed by atoms with Crippen molar-refractivity contribution < 1.29 is 0 Å². The molecule has 19 heavy (non-hydrogen) atoms. The average Bonchev–Trinajstić information content (AvgIpc) is 2.98. The quantitative estimate of drug-likeness (QED) is 0.913. The van der Waals surface area contributed by atoms with Gasteiger partial charge in [0.1, 0.15) is 5.82 Å². The predicted octanol–water partition coefficient (Wildman–Crippen LogP) is 2.71. The number of hydrogen-bond acceptors (Lipinski definition) is 4. The first kappa shape index (κ1) is 14.1. The smallest absolute Gasteiger partial charge is 0.131 e. The van der Waals surface area contributed by atoms with Gasteiger partial charge in [-0.05, 0) is 32.3 Å². The summed E-state index contributed by atoms with van der Waals surface area (Å²) in [6, 6.07) is 4.64. The van der Waals surface area contributed by atoms with E-state index in [2.05, 4.69) is 53.7 Å². The van der Waals surface area contributed by atoms with Crippen LogP contribution in [-0.4, -0.2) is 23.9 Å². The summed E-state index contributed by atoms with van der Waals surface area (Å²) in [6.07, 6.45) is 0. The van der Waals surface area contributed by atoms with Gasteiger partial charge in [0.25, 0.3) is 0 Å². The second-order valence-electron chi connectivity index (χ2n) is 4.84. The van der Waals surface area contributed by atoms with Gasteiger partial charge in [-0.2, -0.15) is 5.10 Å². The van der Waals surface area contributed by atoms with E-state index in [1.807, 2.05) is 18.8 Å². The molecule has 0 aliphatic heterocycles. The van der Waals surface area contributed by atoms with Crippen molar-refractivity contribution in [2.45, 2.75) is 26.4 Å². The normalized spacial score (nSPS) is 12.7. The maximum atomic E-state index is 4.55. The van der Waals surface area contributed by atoms with Crippen molar-refractivity contribution in [3.63, 3.8) is 0 Å². The number of thiophene rings is 1. The number of hydrogen-bond donors (Lipinski definition) is 1. The van der Waals surface area contributed by atoms with E-state index in [-0.39, 0.29) is 0 Å². The van der Waals surface area contributed by atoms with Gasteiger partial charge in [0.15, 0.2) is 0 Å². The molecule has 0 saturated heterocycles. The molecule has 2 rings (SSSR count). The van der Waals surface area contributed by atoms with Crippen LogP contribution >= 0.6 is 11.3 Å². The molecule has 0 spiro atoms. The Kier molecular flexibility index (Phi) is 4.27. The predicted molar refractivity (Wildman–Crippen MR) is 81.8 cm³/mol. The van der Waals surface area contributed by atoms with Crippen LogP contribution in [-0.2, 0) is 13.6 Å². The maximum Gasteiger partial charge on any atom is 0.131 e. The van der Waals surface area contributed by atoms with Crippen molar-refractivity contribution in [3.8, 4) is 0 Å². The minimum absolute atomic E-state index is 0.352. The Morgan fingerprint density at radius 2 is 2.26 bits per heavy atom. The zero-order chi connectivity index (χ0) is 14.0. The zero-order valence-corrected chi connectivity index (χ0v) is 13.1. The number of aromatic nitrogens is 2. The van der Waals surface area contributed by atoms with Gasteiger partial charge in [-0.1, -0.05) is 6.07 Å². The average molecular weight is 278 g/mol. The largest absolute Gasteiger partial charge is 0.352 e. The molecule has 1 N–H and O–H groups in total. The highest BCUT2D eigenvalue weighted by Gasteiger charge is 2.21. The molecule has 0 aliphatic rings. The third kappa shape index (κ3) is 2.67. The highest BCUT2D eigenvalue weighted by atomic mass is 32.1. The summed E-state index contributed by atoms with van der Waals surface area (Å²) in [7, 11) is 6.12. The molecule has 2 aromatic rings. The summed E-state index contributed by atoms with van der Waals surface area (Å²) in [6.45, 7) is 5.15. The van der Waals surface area contributed by atoms with Crippen molar-refractivity contribution in [2.75, 3.05) is 19.0 Å². The Morgan fingerprint density at radius 1 is 1.53 bits per heavy atom. The lowest BCUT2D eigenvalue weighted by atomic mass is 10.2. The minimum atomic E-state index is 0.352. The number of nitrogens with zero attached hydrogens (tertiary/aromatic N) is 3. The molecule has 5 heteroatoms. The lowest BCUT2D eigenvalue weighted by Crippen LogP contribution is -2.25. The topological polar surface area (TPSA) is 33.1 Å². The van der Waals surface area contributed by atoms with E-state index in [1.54, 1.807) is 11.3 Å². The minimum Gasteiger partial charge on any atom is -0.352 e. The monoisotopic (exact) mass is 278 g/mol. The van der Waals surface area contributed by atoms with E-state index in [0.29, 0.717) is 6.04 Å². The van der Waals surface area contributed by atoms with Gasteiger partial charge in [0.05, 0.1) is 11.7 Å². The van der Waals surface area contributed by atoms with Crippen molar-refractivity contribution >= 4 is 17.2 Å². The van der Waals surface area contributed by atoms with E-state index in [1.165, 1.54) is 16.3 Å². The first-order chi connectivity index (χ1) is 9.06. The summed E-state index contributed by atoms with van der Waals surface area (Å²) in [4.78, 5) is 3.68. The molecule has 0 radical (unpaired) electrons. The molecule has 0 saturated carbocycles. The van der Waals surface area contributed by atoms with Crippen LogP contribution in [0.5, 0.6) is 0 Å². The summed E-state index contributed by atoms with van der Waals surface area (Å²) in [5, 5.41) is 9.91. The SMILES string of the molecule is CNCc1c(C)nn(C)c1N(C)C(C)c1cccs1. The van der Waals surface area contributed by atoms with Crippen molar-refractivity contribution in [2.24, 2.45) is 7.05 Å². The molecular weight excluding hydrogens is 256 g/mol. The van der Waals surface area contributed by atoms with E-state index in [0.717, 1.165) is 12.2 Å². The van der Waals surface area contributed by atoms with Crippen LogP contribution in [0, 0.1) is 6.92 Å². The van der Waals surface area contributed by atoms with E-state index < -0.39 is 0 Å². The molecule has 2 aromatic heterocycles. The number of anilines is 1. The van der Waals surface area contributed by atoms with Crippen molar-refractivity contribution in [1.29, 1.82) is 0 Å². The molecule has 0 fully saturated rings. The van der Waals surface area contributed by atoms with Crippen LogP contribution in [0.25, 0.3) is 0 Å². The Hall–Kier alpha value is -1.33. The molecule has 0 amide bonds. The van der Waals surface area contributed by atoms with Crippen LogP contribution in [0.4, 0.5) is 5.82 Å². The van der Waals surface area contributed by atoms with Crippen LogP contribution < -0.4 is 10.2 Å².